The quantitative estimate of drug-likeness (QED) is 0.819. The van der Waals surface area contributed by atoms with Crippen LogP contribution in [0.2, 0.25) is 0 Å². The lowest BCUT2D eigenvalue weighted by Gasteiger charge is -2.10. The highest BCUT2D eigenvalue weighted by atomic mass is 79.9. The van der Waals surface area contributed by atoms with Gasteiger partial charge in [0.15, 0.2) is 0 Å². The molecule has 0 radical (unpaired) electrons. The zero-order chi connectivity index (χ0) is 12.7. The van der Waals surface area contributed by atoms with E-state index in [0.29, 0.717) is 6.42 Å². The van der Waals surface area contributed by atoms with E-state index in [1.807, 2.05) is 30.5 Å². The second-order valence-electron chi connectivity index (χ2n) is 3.63. The van der Waals surface area contributed by atoms with E-state index < -0.39 is 6.04 Å². The average Bonchev–Trinajstić information content (AvgIpc) is 2.33. The number of ether oxygens (including phenoxy) is 1. The summed E-state index contributed by atoms with van der Waals surface area (Å²) in [5.41, 5.74) is 6.65. The zero-order valence-electron chi connectivity index (χ0n) is 9.69. The van der Waals surface area contributed by atoms with E-state index in [1.165, 1.54) is 0 Å². The average molecular weight is 318 g/mol. The fraction of sp³-hybridized carbons (Fsp3) is 0.417. The first-order valence-corrected chi connectivity index (χ1v) is 7.47. The van der Waals surface area contributed by atoms with Gasteiger partial charge in [-0.3, -0.25) is 4.79 Å². The van der Waals surface area contributed by atoms with Crippen LogP contribution in [-0.4, -0.2) is 24.0 Å². The first kappa shape index (κ1) is 14.5. The van der Waals surface area contributed by atoms with Gasteiger partial charge in [0, 0.05) is 4.47 Å². The molecule has 0 amide bonds. The van der Waals surface area contributed by atoms with Gasteiger partial charge in [-0.05, 0) is 36.1 Å². The summed E-state index contributed by atoms with van der Waals surface area (Å²) in [6.07, 6.45) is 2.64. The van der Waals surface area contributed by atoms with Crippen LogP contribution in [0, 0.1) is 0 Å². The smallest absolute Gasteiger partial charge is 0.323 e. The molecule has 0 aliphatic carbocycles. The third-order valence-corrected chi connectivity index (χ3v) is 3.34. The van der Waals surface area contributed by atoms with Gasteiger partial charge in [0.05, 0.1) is 0 Å². The van der Waals surface area contributed by atoms with Gasteiger partial charge >= 0.3 is 5.97 Å². The second-order valence-corrected chi connectivity index (χ2v) is 5.53. The molecule has 5 heteroatoms. The van der Waals surface area contributed by atoms with Crippen LogP contribution in [0.3, 0.4) is 0 Å². The third kappa shape index (κ3) is 5.57. The molecule has 0 unspecified atom stereocenters. The number of carbonyl (C=O) groups is 1. The van der Waals surface area contributed by atoms with Gasteiger partial charge in [0.25, 0.3) is 0 Å². The summed E-state index contributed by atoms with van der Waals surface area (Å²) in [5, 5.41) is 0. The van der Waals surface area contributed by atoms with Crippen molar-refractivity contribution in [3.63, 3.8) is 0 Å². The molecule has 0 fully saturated rings. The molecule has 1 atom stereocenters. The Balaban J connectivity index is 2.37. The molecule has 3 nitrogen and oxygen atoms in total. The monoisotopic (exact) mass is 317 g/mol. The maximum Gasteiger partial charge on any atom is 0.323 e. The zero-order valence-corrected chi connectivity index (χ0v) is 12.1. The summed E-state index contributed by atoms with van der Waals surface area (Å²) < 4.78 is 6.12. The Kier molecular flexibility index (Phi) is 6.62. The SMILES string of the molecule is CSCC[C@H](N)C(=O)OCc1cccc(Br)c1. The predicted octanol–water partition coefficient (Wildman–Crippen LogP) is 2.57. The van der Waals surface area contributed by atoms with Crippen LogP contribution in [0.25, 0.3) is 0 Å². The Hall–Kier alpha value is -0.520. The molecule has 1 aromatic carbocycles. The first-order chi connectivity index (χ1) is 8.13. The van der Waals surface area contributed by atoms with Gasteiger partial charge in [-0.1, -0.05) is 28.1 Å². The van der Waals surface area contributed by atoms with Crippen LogP contribution in [-0.2, 0) is 16.1 Å². The Morgan fingerprint density at radius 1 is 1.59 bits per heavy atom. The number of halogens is 1. The topological polar surface area (TPSA) is 52.3 Å². The van der Waals surface area contributed by atoms with Gasteiger partial charge in [-0.2, -0.15) is 11.8 Å². The van der Waals surface area contributed by atoms with Crippen molar-refractivity contribution in [1.82, 2.24) is 0 Å². The molecular weight excluding hydrogens is 302 g/mol. The van der Waals surface area contributed by atoms with Crippen LogP contribution in [0.5, 0.6) is 0 Å². The fourth-order valence-electron chi connectivity index (χ4n) is 1.25. The standard InChI is InChI=1S/C12H16BrNO2S/c1-17-6-5-11(14)12(15)16-8-9-3-2-4-10(13)7-9/h2-4,7,11H,5-6,8,14H2,1H3/t11-/m0/s1. The molecule has 0 aliphatic rings. The van der Waals surface area contributed by atoms with Crippen LogP contribution in [0.1, 0.15) is 12.0 Å². The molecular formula is C12H16BrNO2S. The molecule has 1 rings (SSSR count). The lowest BCUT2D eigenvalue weighted by atomic mass is 10.2. The van der Waals surface area contributed by atoms with Crippen molar-refractivity contribution >= 4 is 33.7 Å². The van der Waals surface area contributed by atoms with Gasteiger partial charge in [-0.25, -0.2) is 0 Å². The number of rotatable bonds is 6. The predicted molar refractivity (Wildman–Crippen MR) is 74.9 cm³/mol. The van der Waals surface area contributed by atoms with Gasteiger partial charge in [-0.15, -0.1) is 0 Å². The minimum atomic E-state index is -0.519. The van der Waals surface area contributed by atoms with Crippen molar-refractivity contribution in [2.75, 3.05) is 12.0 Å². The van der Waals surface area contributed by atoms with E-state index >= 15 is 0 Å². The summed E-state index contributed by atoms with van der Waals surface area (Å²) >= 11 is 5.03. The highest BCUT2D eigenvalue weighted by molar-refractivity contribution is 9.10. The van der Waals surface area contributed by atoms with Gasteiger partial charge in [0.1, 0.15) is 12.6 Å². The van der Waals surface area contributed by atoms with E-state index in [9.17, 15) is 4.79 Å². The molecule has 17 heavy (non-hydrogen) atoms. The Bertz CT molecular complexity index is 373. The van der Waals surface area contributed by atoms with Crippen LogP contribution < -0.4 is 5.73 Å². The molecule has 0 saturated carbocycles. The minimum Gasteiger partial charge on any atom is -0.460 e. The molecule has 0 heterocycles. The first-order valence-electron chi connectivity index (χ1n) is 5.29. The molecule has 0 bridgehead atoms. The summed E-state index contributed by atoms with van der Waals surface area (Å²) in [6, 6.07) is 7.14. The molecule has 94 valence electrons. The summed E-state index contributed by atoms with van der Waals surface area (Å²) in [4.78, 5) is 11.5. The van der Waals surface area contributed by atoms with Gasteiger partial charge in [0.2, 0.25) is 0 Å². The van der Waals surface area contributed by atoms with Crippen molar-refractivity contribution in [3.8, 4) is 0 Å². The fourth-order valence-corrected chi connectivity index (χ4v) is 2.19. The number of carbonyl (C=O) groups excluding carboxylic acids is 1. The van der Waals surface area contributed by atoms with Crippen molar-refractivity contribution in [3.05, 3.63) is 34.3 Å². The van der Waals surface area contributed by atoms with Crippen molar-refractivity contribution in [1.29, 1.82) is 0 Å². The lowest BCUT2D eigenvalue weighted by molar-refractivity contribution is -0.146. The molecule has 0 aliphatic heterocycles. The van der Waals surface area contributed by atoms with E-state index in [1.54, 1.807) is 11.8 Å². The van der Waals surface area contributed by atoms with Crippen molar-refractivity contribution < 1.29 is 9.53 Å². The Morgan fingerprint density at radius 3 is 3.00 bits per heavy atom. The van der Waals surface area contributed by atoms with E-state index in [0.717, 1.165) is 15.8 Å². The van der Waals surface area contributed by atoms with Crippen LogP contribution in [0.4, 0.5) is 0 Å². The van der Waals surface area contributed by atoms with Crippen molar-refractivity contribution in [2.45, 2.75) is 19.1 Å². The number of hydrogen-bond acceptors (Lipinski definition) is 4. The van der Waals surface area contributed by atoms with E-state index in [-0.39, 0.29) is 12.6 Å². The van der Waals surface area contributed by atoms with Crippen molar-refractivity contribution in [2.24, 2.45) is 5.73 Å². The van der Waals surface area contributed by atoms with Crippen LogP contribution >= 0.6 is 27.7 Å². The number of esters is 1. The summed E-state index contributed by atoms with van der Waals surface area (Å²) in [7, 11) is 0. The molecule has 0 aromatic heterocycles. The second kappa shape index (κ2) is 7.74. The number of thioether (sulfide) groups is 1. The Labute approximate surface area is 114 Å². The lowest BCUT2D eigenvalue weighted by Crippen LogP contribution is -2.32. The highest BCUT2D eigenvalue weighted by Gasteiger charge is 2.14. The number of benzene rings is 1. The normalized spacial score (nSPS) is 12.2. The Morgan fingerprint density at radius 2 is 2.35 bits per heavy atom. The van der Waals surface area contributed by atoms with E-state index in [4.69, 9.17) is 10.5 Å². The number of hydrogen-bond donors (Lipinski definition) is 1. The largest absolute Gasteiger partial charge is 0.460 e. The number of nitrogens with two attached hydrogens (primary N) is 1. The van der Waals surface area contributed by atoms with Gasteiger partial charge < -0.3 is 10.5 Å². The molecule has 1 aromatic rings. The molecule has 2 N–H and O–H groups in total. The van der Waals surface area contributed by atoms with E-state index in [2.05, 4.69) is 15.9 Å². The molecule has 0 spiro atoms. The highest BCUT2D eigenvalue weighted by Crippen LogP contribution is 2.12. The summed E-state index contributed by atoms with van der Waals surface area (Å²) in [5.74, 6) is 0.534. The third-order valence-electron chi connectivity index (χ3n) is 2.21. The maximum absolute atomic E-state index is 11.5. The maximum atomic E-state index is 11.5. The van der Waals surface area contributed by atoms with Crippen LogP contribution in [0.15, 0.2) is 28.7 Å². The minimum absolute atomic E-state index is 0.269. The summed E-state index contributed by atoms with van der Waals surface area (Å²) in [6.45, 7) is 0.269. The molecule has 0 saturated heterocycles.